The molecule has 2 aliphatic carbocycles. The van der Waals surface area contributed by atoms with Crippen molar-refractivity contribution >= 4 is 6.03 Å². The minimum absolute atomic E-state index is 0.0950. The fourth-order valence-corrected chi connectivity index (χ4v) is 3.61. The summed E-state index contributed by atoms with van der Waals surface area (Å²) in [5, 5.41) is 15.9. The maximum absolute atomic E-state index is 12.1. The molecule has 0 bridgehead atoms. The average molecular weight is 302 g/mol. The number of rotatable bonds is 4. The van der Waals surface area contributed by atoms with Crippen molar-refractivity contribution in [3.8, 4) is 0 Å². The molecule has 0 saturated heterocycles. The normalized spacial score (nSPS) is 26.3. The van der Waals surface area contributed by atoms with E-state index in [2.05, 4.69) is 41.8 Å². The molecule has 0 heterocycles. The van der Waals surface area contributed by atoms with Crippen LogP contribution in [-0.2, 0) is 5.41 Å². The van der Waals surface area contributed by atoms with Gasteiger partial charge in [0.15, 0.2) is 0 Å². The molecule has 4 heteroatoms. The van der Waals surface area contributed by atoms with E-state index in [4.69, 9.17) is 0 Å². The smallest absolute Gasteiger partial charge is 0.315 e. The molecule has 1 aromatic carbocycles. The highest BCUT2D eigenvalue weighted by Gasteiger charge is 2.45. The van der Waals surface area contributed by atoms with Crippen molar-refractivity contribution in [2.24, 2.45) is 0 Å². The van der Waals surface area contributed by atoms with Crippen LogP contribution in [0.3, 0.4) is 0 Å². The van der Waals surface area contributed by atoms with Crippen molar-refractivity contribution < 1.29 is 9.90 Å². The van der Waals surface area contributed by atoms with Crippen LogP contribution in [0.5, 0.6) is 0 Å². The van der Waals surface area contributed by atoms with Gasteiger partial charge in [0.05, 0.1) is 12.1 Å². The number of aliphatic hydroxyl groups excluding tert-OH is 1. The largest absolute Gasteiger partial charge is 0.391 e. The Bertz CT molecular complexity index is 540. The average Bonchev–Trinajstić information content (AvgIpc) is 3.29. The molecule has 2 unspecified atom stereocenters. The highest BCUT2D eigenvalue weighted by molar-refractivity contribution is 5.74. The lowest BCUT2D eigenvalue weighted by molar-refractivity contribution is 0.0943. The van der Waals surface area contributed by atoms with Crippen LogP contribution in [0.4, 0.5) is 4.79 Å². The lowest BCUT2D eigenvalue weighted by Gasteiger charge is -2.28. The van der Waals surface area contributed by atoms with Gasteiger partial charge in [0.2, 0.25) is 0 Å². The zero-order valence-corrected chi connectivity index (χ0v) is 13.3. The molecule has 0 spiro atoms. The van der Waals surface area contributed by atoms with Gasteiger partial charge in [-0.2, -0.15) is 0 Å². The molecule has 3 rings (SSSR count). The van der Waals surface area contributed by atoms with Gasteiger partial charge in [0.1, 0.15) is 0 Å². The minimum Gasteiger partial charge on any atom is -0.391 e. The van der Waals surface area contributed by atoms with Gasteiger partial charge in [0.25, 0.3) is 0 Å². The SMILES string of the molecule is Cc1ccccc1C1(CNC(=O)NC2CCCCC2O)CC1. The first-order valence-corrected chi connectivity index (χ1v) is 8.39. The Morgan fingerprint density at radius 1 is 1.27 bits per heavy atom. The Hall–Kier alpha value is -1.55. The Labute approximate surface area is 132 Å². The van der Waals surface area contributed by atoms with Gasteiger partial charge in [-0.05, 0) is 43.7 Å². The van der Waals surface area contributed by atoms with Crippen molar-refractivity contribution in [3.05, 3.63) is 35.4 Å². The number of carbonyl (C=O) groups excluding carboxylic acids is 1. The molecule has 4 nitrogen and oxygen atoms in total. The molecule has 0 aromatic heterocycles. The standard InChI is InChI=1S/C18H26N2O2/c1-13-6-2-3-7-14(13)18(10-11-18)12-19-17(22)20-15-8-4-5-9-16(15)21/h2-3,6-7,15-16,21H,4-5,8-12H2,1H3,(H2,19,20,22). The van der Waals surface area contributed by atoms with E-state index < -0.39 is 6.10 Å². The zero-order valence-electron chi connectivity index (χ0n) is 13.3. The Morgan fingerprint density at radius 3 is 2.68 bits per heavy atom. The number of urea groups is 1. The number of hydrogen-bond donors (Lipinski definition) is 3. The second kappa shape index (κ2) is 6.29. The first kappa shape index (κ1) is 15.3. The van der Waals surface area contributed by atoms with Gasteiger partial charge in [-0.15, -0.1) is 0 Å². The zero-order chi connectivity index (χ0) is 15.6. The first-order chi connectivity index (χ1) is 10.6. The van der Waals surface area contributed by atoms with E-state index in [0.29, 0.717) is 6.54 Å². The monoisotopic (exact) mass is 302 g/mol. The molecular weight excluding hydrogens is 276 g/mol. The Balaban J connectivity index is 1.54. The van der Waals surface area contributed by atoms with E-state index in [1.165, 1.54) is 11.1 Å². The molecule has 2 aliphatic rings. The van der Waals surface area contributed by atoms with E-state index >= 15 is 0 Å². The molecule has 2 saturated carbocycles. The van der Waals surface area contributed by atoms with Crippen LogP contribution in [0.1, 0.15) is 49.7 Å². The molecule has 0 radical (unpaired) electrons. The lowest BCUT2D eigenvalue weighted by atomic mass is 9.91. The van der Waals surface area contributed by atoms with Crippen LogP contribution in [0.25, 0.3) is 0 Å². The van der Waals surface area contributed by atoms with Crippen LogP contribution in [0, 0.1) is 6.92 Å². The second-order valence-corrected chi connectivity index (χ2v) is 6.88. The topological polar surface area (TPSA) is 61.4 Å². The fourth-order valence-electron chi connectivity index (χ4n) is 3.61. The van der Waals surface area contributed by atoms with E-state index in [-0.39, 0.29) is 17.5 Å². The number of carbonyl (C=O) groups is 1. The number of nitrogens with one attached hydrogen (secondary N) is 2. The van der Waals surface area contributed by atoms with Crippen LogP contribution in [0.2, 0.25) is 0 Å². The summed E-state index contributed by atoms with van der Waals surface area (Å²) in [4.78, 5) is 12.1. The number of aryl methyl sites for hydroxylation is 1. The summed E-state index contributed by atoms with van der Waals surface area (Å²) >= 11 is 0. The van der Waals surface area contributed by atoms with Crippen molar-refractivity contribution in [2.75, 3.05) is 6.54 Å². The summed E-state index contributed by atoms with van der Waals surface area (Å²) < 4.78 is 0. The van der Waals surface area contributed by atoms with Gasteiger partial charge in [-0.25, -0.2) is 4.79 Å². The quantitative estimate of drug-likeness (QED) is 0.800. The first-order valence-electron chi connectivity index (χ1n) is 8.39. The van der Waals surface area contributed by atoms with Crippen LogP contribution in [-0.4, -0.2) is 29.8 Å². The van der Waals surface area contributed by atoms with Gasteiger partial charge >= 0.3 is 6.03 Å². The van der Waals surface area contributed by atoms with E-state index in [1.807, 2.05) is 0 Å². The summed E-state index contributed by atoms with van der Waals surface area (Å²) in [5.41, 5.74) is 2.77. The molecule has 120 valence electrons. The maximum atomic E-state index is 12.1. The highest BCUT2D eigenvalue weighted by atomic mass is 16.3. The molecule has 2 fully saturated rings. The van der Waals surface area contributed by atoms with Crippen LogP contribution < -0.4 is 10.6 Å². The predicted molar refractivity (Wildman–Crippen MR) is 86.9 cm³/mol. The van der Waals surface area contributed by atoms with Crippen LogP contribution in [0.15, 0.2) is 24.3 Å². The van der Waals surface area contributed by atoms with Gasteiger partial charge in [-0.1, -0.05) is 37.1 Å². The number of amides is 2. The Morgan fingerprint density at radius 2 is 2.00 bits per heavy atom. The summed E-state index contributed by atoms with van der Waals surface area (Å²) in [5.74, 6) is 0. The molecule has 1 aromatic rings. The van der Waals surface area contributed by atoms with E-state index in [9.17, 15) is 9.90 Å². The molecule has 3 N–H and O–H groups in total. The third-order valence-corrected chi connectivity index (χ3v) is 5.20. The molecule has 0 aliphatic heterocycles. The predicted octanol–water partition coefficient (Wildman–Crippen LogP) is 2.63. The third-order valence-electron chi connectivity index (χ3n) is 5.20. The van der Waals surface area contributed by atoms with Crippen molar-refractivity contribution in [3.63, 3.8) is 0 Å². The van der Waals surface area contributed by atoms with Crippen molar-refractivity contribution in [2.45, 2.75) is 63.0 Å². The van der Waals surface area contributed by atoms with E-state index in [0.717, 1.165) is 38.5 Å². The molecule has 2 amide bonds. The minimum atomic E-state index is -0.397. The highest BCUT2D eigenvalue weighted by Crippen LogP contribution is 2.48. The van der Waals surface area contributed by atoms with E-state index in [1.54, 1.807) is 0 Å². The molecular formula is C18H26N2O2. The van der Waals surface area contributed by atoms with Gasteiger partial charge in [-0.3, -0.25) is 0 Å². The second-order valence-electron chi connectivity index (χ2n) is 6.88. The summed E-state index contributed by atoms with van der Waals surface area (Å²) in [6.45, 7) is 2.81. The molecule has 22 heavy (non-hydrogen) atoms. The number of aliphatic hydroxyl groups is 1. The number of benzene rings is 1. The maximum Gasteiger partial charge on any atom is 0.315 e. The Kier molecular flexibility index (Phi) is 4.39. The number of hydrogen-bond acceptors (Lipinski definition) is 2. The summed E-state index contributed by atoms with van der Waals surface area (Å²) in [6.07, 6.45) is 5.65. The summed E-state index contributed by atoms with van der Waals surface area (Å²) in [7, 11) is 0. The van der Waals surface area contributed by atoms with Crippen molar-refractivity contribution in [1.82, 2.24) is 10.6 Å². The van der Waals surface area contributed by atoms with Crippen LogP contribution >= 0.6 is 0 Å². The summed E-state index contributed by atoms with van der Waals surface area (Å²) in [6, 6.07) is 8.19. The van der Waals surface area contributed by atoms with Gasteiger partial charge < -0.3 is 15.7 Å². The molecule has 2 atom stereocenters. The van der Waals surface area contributed by atoms with Gasteiger partial charge in [0, 0.05) is 12.0 Å². The third kappa shape index (κ3) is 3.27. The lowest BCUT2D eigenvalue weighted by Crippen LogP contribution is -2.50. The fraction of sp³-hybridized carbons (Fsp3) is 0.611. The van der Waals surface area contributed by atoms with Crippen molar-refractivity contribution in [1.29, 1.82) is 0 Å².